The molecule has 1 aliphatic heterocycles. The Morgan fingerprint density at radius 3 is 1.59 bits per heavy atom. The van der Waals surface area contributed by atoms with E-state index in [1.807, 2.05) is 9.80 Å². The minimum absolute atomic E-state index is 0. The molecule has 11 heteroatoms. The average Bonchev–Trinajstić information content (AvgIpc) is 2.63. The SMILES string of the molecule is CC(C)(C)C1N(CC(=O)O)CCN(CC(=O)O)CCNCCN(CC(=O)O)C1(C(C)(C)C)C(C)(C)C.Cl. The van der Waals surface area contributed by atoms with Crippen molar-refractivity contribution in [1.82, 2.24) is 20.0 Å². The lowest BCUT2D eigenvalue weighted by molar-refractivity contribution is -0.180. The van der Waals surface area contributed by atoms with Crippen LogP contribution in [0.15, 0.2) is 0 Å². The second-order valence-electron chi connectivity index (χ2n) is 13.1. The van der Waals surface area contributed by atoms with Gasteiger partial charge in [0.2, 0.25) is 0 Å². The fraction of sp³-hybridized carbons (Fsp3) is 0.885. The topological polar surface area (TPSA) is 134 Å². The van der Waals surface area contributed by atoms with Gasteiger partial charge in [-0.2, -0.15) is 0 Å². The van der Waals surface area contributed by atoms with Gasteiger partial charge in [-0.3, -0.25) is 29.1 Å². The molecule has 0 aromatic carbocycles. The Bertz CT molecular complexity index is 758. The van der Waals surface area contributed by atoms with Crippen molar-refractivity contribution < 1.29 is 29.7 Å². The van der Waals surface area contributed by atoms with Crippen LogP contribution in [0.1, 0.15) is 62.3 Å². The third-order valence-electron chi connectivity index (χ3n) is 7.26. The summed E-state index contributed by atoms with van der Waals surface area (Å²) >= 11 is 0. The molecule has 0 amide bonds. The molecule has 0 bridgehead atoms. The maximum Gasteiger partial charge on any atom is 0.317 e. The van der Waals surface area contributed by atoms with Crippen LogP contribution in [-0.2, 0) is 14.4 Å². The average molecular weight is 551 g/mol. The molecule has 4 N–H and O–H groups in total. The zero-order valence-corrected chi connectivity index (χ0v) is 25.1. The Labute approximate surface area is 229 Å². The maximum absolute atomic E-state index is 12.2. The Balaban J connectivity index is 0.0000130. The summed E-state index contributed by atoms with van der Waals surface area (Å²) in [5.74, 6) is -2.82. The van der Waals surface area contributed by atoms with Gasteiger partial charge in [0, 0.05) is 50.8 Å². The van der Waals surface area contributed by atoms with Crippen LogP contribution in [0.25, 0.3) is 0 Å². The largest absolute Gasteiger partial charge is 0.480 e. The number of rotatable bonds is 6. The molecule has 1 atom stereocenters. The van der Waals surface area contributed by atoms with Crippen molar-refractivity contribution in [3.8, 4) is 0 Å². The molecule has 37 heavy (non-hydrogen) atoms. The molecule has 0 aromatic heterocycles. The molecule has 0 aliphatic carbocycles. The van der Waals surface area contributed by atoms with E-state index in [0.717, 1.165) is 0 Å². The summed E-state index contributed by atoms with van der Waals surface area (Å²) in [5.41, 5.74) is -2.13. The Morgan fingerprint density at radius 2 is 1.19 bits per heavy atom. The fourth-order valence-corrected chi connectivity index (χ4v) is 6.83. The summed E-state index contributed by atoms with van der Waals surface area (Å²) in [6.45, 7) is 21.1. The van der Waals surface area contributed by atoms with Gasteiger partial charge in [0.1, 0.15) is 0 Å². The van der Waals surface area contributed by atoms with Gasteiger partial charge in [-0.1, -0.05) is 62.3 Å². The molecule has 0 saturated carbocycles. The molecule has 1 rings (SSSR count). The van der Waals surface area contributed by atoms with Crippen molar-refractivity contribution in [2.24, 2.45) is 16.2 Å². The number of carbonyl (C=O) groups is 3. The standard InChI is InChI=1S/C26H50N4O6.ClH/c1-23(2,3)22-26(24(4,5)6,25(7,8)9)30(18-21(35)36)13-11-27-10-12-28(16-19(31)32)14-15-29(22)17-20(33)34;/h22,27H,10-18H2,1-9H3,(H,31,32)(H,33,34)(H,35,36);1H. The lowest BCUT2D eigenvalue weighted by atomic mass is 9.51. The van der Waals surface area contributed by atoms with Crippen LogP contribution in [-0.4, -0.2) is 118 Å². The van der Waals surface area contributed by atoms with E-state index in [0.29, 0.717) is 39.3 Å². The van der Waals surface area contributed by atoms with Crippen LogP contribution in [0.4, 0.5) is 0 Å². The van der Waals surface area contributed by atoms with E-state index < -0.39 is 39.7 Å². The molecular weight excluding hydrogens is 500 g/mol. The van der Waals surface area contributed by atoms with Crippen molar-refractivity contribution in [3.05, 3.63) is 0 Å². The van der Waals surface area contributed by atoms with Gasteiger partial charge in [0.25, 0.3) is 0 Å². The highest BCUT2D eigenvalue weighted by molar-refractivity contribution is 5.85. The molecule has 1 fully saturated rings. The van der Waals surface area contributed by atoms with Crippen molar-refractivity contribution >= 4 is 30.3 Å². The van der Waals surface area contributed by atoms with E-state index in [9.17, 15) is 29.7 Å². The zero-order chi connectivity index (χ0) is 28.1. The normalized spacial score (nSPS) is 21.8. The molecule has 1 aliphatic rings. The summed E-state index contributed by atoms with van der Waals surface area (Å²) in [7, 11) is 0. The molecule has 0 spiro atoms. The highest BCUT2D eigenvalue weighted by Gasteiger charge is 2.63. The zero-order valence-electron chi connectivity index (χ0n) is 24.3. The molecule has 1 unspecified atom stereocenters. The number of hydrogen-bond donors (Lipinski definition) is 4. The lowest BCUT2D eigenvalue weighted by Crippen LogP contribution is -2.78. The Hall–Kier alpha value is -1.46. The molecule has 0 radical (unpaired) electrons. The molecular formula is C26H51ClN4O6. The van der Waals surface area contributed by atoms with E-state index in [1.165, 1.54) is 0 Å². The van der Waals surface area contributed by atoms with Crippen molar-refractivity contribution in [1.29, 1.82) is 0 Å². The number of carboxylic acids is 3. The second-order valence-corrected chi connectivity index (χ2v) is 13.1. The second kappa shape index (κ2) is 13.6. The lowest BCUT2D eigenvalue weighted by Gasteiger charge is -2.67. The van der Waals surface area contributed by atoms with Crippen LogP contribution in [0.3, 0.4) is 0 Å². The van der Waals surface area contributed by atoms with Crippen molar-refractivity contribution in [2.45, 2.75) is 73.9 Å². The number of nitrogens with zero attached hydrogens (tertiary/aromatic N) is 3. The molecule has 10 nitrogen and oxygen atoms in total. The smallest absolute Gasteiger partial charge is 0.317 e. The summed E-state index contributed by atoms with van der Waals surface area (Å²) < 4.78 is 0. The Morgan fingerprint density at radius 1 is 0.730 bits per heavy atom. The summed E-state index contributed by atoms with van der Waals surface area (Å²) in [4.78, 5) is 41.7. The molecule has 1 heterocycles. The molecule has 1 saturated heterocycles. The summed E-state index contributed by atoms with van der Waals surface area (Å²) in [6, 6.07) is -0.369. The predicted molar refractivity (Wildman–Crippen MR) is 147 cm³/mol. The first kappa shape index (κ1) is 35.5. The predicted octanol–water partition coefficient (Wildman–Crippen LogP) is 2.42. The van der Waals surface area contributed by atoms with Gasteiger partial charge in [-0.25, -0.2) is 0 Å². The van der Waals surface area contributed by atoms with Crippen molar-refractivity contribution in [3.63, 3.8) is 0 Å². The van der Waals surface area contributed by atoms with Gasteiger partial charge in [0.05, 0.1) is 19.6 Å². The van der Waals surface area contributed by atoms with E-state index in [4.69, 9.17) is 0 Å². The third kappa shape index (κ3) is 9.06. The van der Waals surface area contributed by atoms with E-state index >= 15 is 0 Å². The fourth-order valence-electron chi connectivity index (χ4n) is 6.83. The van der Waals surface area contributed by atoms with Gasteiger partial charge >= 0.3 is 17.9 Å². The number of aliphatic carboxylic acids is 3. The number of hydrogen-bond acceptors (Lipinski definition) is 7. The van der Waals surface area contributed by atoms with Crippen LogP contribution in [0.5, 0.6) is 0 Å². The third-order valence-corrected chi connectivity index (χ3v) is 7.26. The first-order chi connectivity index (χ1) is 16.2. The number of halogens is 1. The molecule has 218 valence electrons. The van der Waals surface area contributed by atoms with E-state index in [-0.39, 0.29) is 38.1 Å². The first-order valence-corrected chi connectivity index (χ1v) is 12.8. The Kier molecular flexibility index (Phi) is 13.0. The van der Waals surface area contributed by atoms with Crippen LogP contribution in [0.2, 0.25) is 0 Å². The van der Waals surface area contributed by atoms with Gasteiger partial charge in [-0.05, 0) is 16.2 Å². The first-order valence-electron chi connectivity index (χ1n) is 12.8. The number of carboxylic acid groups (broad SMARTS) is 3. The highest BCUT2D eigenvalue weighted by Crippen LogP contribution is 2.55. The van der Waals surface area contributed by atoms with E-state index in [2.05, 4.69) is 72.5 Å². The van der Waals surface area contributed by atoms with Gasteiger partial charge < -0.3 is 20.6 Å². The van der Waals surface area contributed by atoms with Crippen LogP contribution >= 0.6 is 12.4 Å². The summed E-state index contributed by atoms with van der Waals surface area (Å²) in [6.07, 6.45) is 0. The van der Waals surface area contributed by atoms with Crippen LogP contribution < -0.4 is 5.32 Å². The summed E-state index contributed by atoms with van der Waals surface area (Å²) in [5, 5.41) is 32.8. The minimum Gasteiger partial charge on any atom is -0.480 e. The maximum atomic E-state index is 12.2. The highest BCUT2D eigenvalue weighted by atomic mass is 35.5. The minimum atomic E-state index is -0.968. The quantitative estimate of drug-likeness (QED) is 0.390. The van der Waals surface area contributed by atoms with Crippen LogP contribution in [0, 0.1) is 16.2 Å². The van der Waals surface area contributed by atoms with Gasteiger partial charge in [-0.15, -0.1) is 12.4 Å². The van der Waals surface area contributed by atoms with Gasteiger partial charge in [0.15, 0.2) is 0 Å². The molecule has 0 aromatic rings. The monoisotopic (exact) mass is 550 g/mol. The van der Waals surface area contributed by atoms with Crippen molar-refractivity contribution in [2.75, 3.05) is 58.9 Å². The number of nitrogens with one attached hydrogen (secondary N) is 1. The van der Waals surface area contributed by atoms with E-state index in [1.54, 1.807) is 0 Å².